The maximum atomic E-state index is 8.88. The summed E-state index contributed by atoms with van der Waals surface area (Å²) in [6, 6.07) is 3.29. The highest BCUT2D eigenvalue weighted by Gasteiger charge is 2.09. The van der Waals surface area contributed by atoms with Crippen LogP contribution in [0.1, 0.15) is 5.56 Å². The molecule has 1 aromatic carbocycles. The Hall–Kier alpha value is -0.870. The number of aliphatic hydroxyl groups excluding tert-OH is 1. The van der Waals surface area contributed by atoms with Gasteiger partial charge in [0.05, 0.1) is 21.7 Å². The lowest BCUT2D eigenvalue weighted by Crippen LogP contribution is -1.92. The average Bonchev–Trinajstić information content (AvgIpc) is 2.35. The predicted octanol–water partition coefficient (Wildman–Crippen LogP) is 3.60. The number of benzene rings is 1. The first-order valence-corrected chi connectivity index (χ1v) is 5.82. The highest BCUT2D eigenvalue weighted by Crippen LogP contribution is 2.33. The lowest BCUT2D eigenvalue weighted by molar-refractivity contribution is 0.281. The predicted molar refractivity (Wildman–Crippen MR) is 68.4 cm³/mol. The first-order chi connectivity index (χ1) is 8.11. The molecule has 2 rings (SSSR count). The summed E-state index contributed by atoms with van der Waals surface area (Å²) in [4.78, 5) is 8.20. The second-order valence-corrected chi connectivity index (χ2v) is 4.52. The van der Waals surface area contributed by atoms with Crippen molar-refractivity contribution in [2.75, 3.05) is 0 Å². The van der Waals surface area contributed by atoms with Gasteiger partial charge in [0.2, 0.25) is 0 Å². The van der Waals surface area contributed by atoms with E-state index in [1.165, 1.54) is 0 Å². The molecule has 3 nitrogen and oxygen atoms in total. The smallest absolute Gasteiger partial charge is 0.159 e. The van der Waals surface area contributed by atoms with Gasteiger partial charge in [0.25, 0.3) is 0 Å². The number of rotatable bonds is 2. The highest BCUT2D eigenvalue weighted by molar-refractivity contribution is 6.48. The van der Waals surface area contributed by atoms with Gasteiger partial charge in [-0.1, -0.05) is 34.8 Å². The highest BCUT2D eigenvalue weighted by atomic mass is 35.5. The van der Waals surface area contributed by atoms with Crippen LogP contribution in [0.5, 0.6) is 0 Å². The molecule has 0 fully saturated rings. The number of nitrogens with zero attached hydrogens (tertiary/aromatic N) is 2. The summed E-state index contributed by atoms with van der Waals surface area (Å²) in [6.07, 6.45) is 3.08. The van der Waals surface area contributed by atoms with Gasteiger partial charge in [-0.2, -0.15) is 0 Å². The van der Waals surface area contributed by atoms with E-state index < -0.39 is 0 Å². The number of hydrogen-bond acceptors (Lipinski definition) is 3. The van der Waals surface area contributed by atoms with Crippen LogP contribution in [0, 0.1) is 0 Å². The van der Waals surface area contributed by atoms with Gasteiger partial charge < -0.3 is 5.11 Å². The van der Waals surface area contributed by atoms with E-state index in [1.807, 2.05) is 0 Å². The largest absolute Gasteiger partial charge is 0.392 e. The fourth-order valence-electron chi connectivity index (χ4n) is 1.27. The van der Waals surface area contributed by atoms with Gasteiger partial charge in [0.1, 0.15) is 0 Å². The molecule has 0 bridgehead atoms. The van der Waals surface area contributed by atoms with E-state index in [0.717, 1.165) is 0 Å². The summed E-state index contributed by atoms with van der Waals surface area (Å²) in [5.74, 6) is 0.475. The fourth-order valence-corrected chi connectivity index (χ4v) is 1.87. The molecule has 1 N–H and O–H groups in total. The van der Waals surface area contributed by atoms with Gasteiger partial charge in [-0.25, -0.2) is 9.97 Å². The Labute approximate surface area is 113 Å². The zero-order valence-corrected chi connectivity index (χ0v) is 10.8. The lowest BCUT2D eigenvalue weighted by Gasteiger charge is -2.04. The molecule has 0 aliphatic heterocycles. The van der Waals surface area contributed by atoms with Gasteiger partial charge >= 0.3 is 0 Å². The van der Waals surface area contributed by atoms with E-state index in [1.54, 1.807) is 24.5 Å². The molecule has 88 valence electrons. The summed E-state index contributed by atoms with van der Waals surface area (Å²) in [5.41, 5.74) is 1.31. The summed E-state index contributed by atoms with van der Waals surface area (Å²) >= 11 is 17.7. The molecule has 17 heavy (non-hydrogen) atoms. The van der Waals surface area contributed by atoms with Crippen LogP contribution in [-0.2, 0) is 6.61 Å². The third-order valence-electron chi connectivity index (χ3n) is 2.13. The van der Waals surface area contributed by atoms with Crippen LogP contribution in [0.15, 0.2) is 24.5 Å². The molecule has 0 unspecified atom stereocenters. The van der Waals surface area contributed by atoms with Gasteiger partial charge in [-0.3, -0.25) is 0 Å². The topological polar surface area (TPSA) is 46.0 Å². The molecular formula is C11H7Cl3N2O. The lowest BCUT2D eigenvalue weighted by atomic mass is 10.2. The third-order valence-corrected chi connectivity index (χ3v) is 3.33. The molecule has 1 heterocycles. The van der Waals surface area contributed by atoms with Crippen LogP contribution in [0.3, 0.4) is 0 Å². The summed E-state index contributed by atoms with van der Waals surface area (Å²) in [6.45, 7) is -0.0948. The molecule has 2 aromatic rings. The Morgan fingerprint density at radius 2 is 1.53 bits per heavy atom. The van der Waals surface area contributed by atoms with Crippen molar-refractivity contribution in [2.24, 2.45) is 0 Å². The Balaban J connectivity index is 2.45. The van der Waals surface area contributed by atoms with Crippen LogP contribution in [0.2, 0.25) is 15.1 Å². The summed E-state index contributed by atoms with van der Waals surface area (Å²) in [5, 5.41) is 9.90. The SMILES string of the molecule is OCc1cnc(-c2cc(Cl)c(Cl)c(Cl)c2)nc1. The first-order valence-electron chi connectivity index (χ1n) is 4.68. The van der Waals surface area contributed by atoms with E-state index in [9.17, 15) is 0 Å². The maximum Gasteiger partial charge on any atom is 0.159 e. The van der Waals surface area contributed by atoms with Gasteiger partial charge in [-0.05, 0) is 12.1 Å². The van der Waals surface area contributed by atoms with Crippen molar-refractivity contribution in [2.45, 2.75) is 6.61 Å². The van der Waals surface area contributed by atoms with Gasteiger partial charge in [0, 0.05) is 23.5 Å². The Morgan fingerprint density at radius 3 is 2.00 bits per heavy atom. The standard InChI is InChI=1S/C11H7Cl3N2O/c12-8-1-7(2-9(13)10(8)14)11-15-3-6(5-17)4-16-11/h1-4,17H,5H2. The summed E-state index contributed by atoms with van der Waals surface area (Å²) in [7, 11) is 0. The molecule has 0 amide bonds. The van der Waals surface area contributed by atoms with Crippen molar-refractivity contribution >= 4 is 34.8 Å². The number of aliphatic hydroxyl groups is 1. The first kappa shape index (κ1) is 12.6. The van der Waals surface area contributed by atoms with E-state index in [0.29, 0.717) is 32.0 Å². The van der Waals surface area contributed by atoms with Crippen LogP contribution in [0.4, 0.5) is 0 Å². The van der Waals surface area contributed by atoms with Crippen LogP contribution < -0.4 is 0 Å². The molecule has 0 saturated heterocycles. The fraction of sp³-hybridized carbons (Fsp3) is 0.0909. The van der Waals surface area contributed by atoms with Crippen LogP contribution in [-0.4, -0.2) is 15.1 Å². The molecular weight excluding hydrogens is 282 g/mol. The molecule has 0 atom stereocenters. The van der Waals surface area contributed by atoms with Crippen molar-refractivity contribution in [1.82, 2.24) is 9.97 Å². The second-order valence-electron chi connectivity index (χ2n) is 3.33. The van der Waals surface area contributed by atoms with Crippen molar-refractivity contribution in [1.29, 1.82) is 0 Å². The molecule has 1 aromatic heterocycles. The van der Waals surface area contributed by atoms with Crippen molar-refractivity contribution in [3.63, 3.8) is 0 Å². The number of hydrogen-bond donors (Lipinski definition) is 1. The minimum Gasteiger partial charge on any atom is -0.392 e. The van der Waals surface area contributed by atoms with Crippen molar-refractivity contribution in [3.05, 3.63) is 45.2 Å². The average molecular weight is 290 g/mol. The number of halogens is 3. The zero-order valence-electron chi connectivity index (χ0n) is 8.49. The van der Waals surface area contributed by atoms with E-state index >= 15 is 0 Å². The Kier molecular flexibility index (Phi) is 3.84. The van der Waals surface area contributed by atoms with Crippen LogP contribution >= 0.6 is 34.8 Å². The minimum atomic E-state index is -0.0948. The Bertz CT molecular complexity index is 520. The molecule has 6 heteroatoms. The maximum absolute atomic E-state index is 8.88. The summed E-state index contributed by atoms with van der Waals surface area (Å²) < 4.78 is 0. The molecule has 0 radical (unpaired) electrons. The van der Waals surface area contributed by atoms with E-state index in [2.05, 4.69) is 9.97 Å². The van der Waals surface area contributed by atoms with Crippen LogP contribution in [0.25, 0.3) is 11.4 Å². The van der Waals surface area contributed by atoms with E-state index in [4.69, 9.17) is 39.9 Å². The minimum absolute atomic E-state index is 0.0948. The normalized spacial score (nSPS) is 10.6. The quantitative estimate of drug-likeness (QED) is 0.859. The molecule has 0 aliphatic carbocycles. The molecule has 0 saturated carbocycles. The van der Waals surface area contributed by atoms with Gasteiger partial charge in [-0.15, -0.1) is 0 Å². The zero-order chi connectivity index (χ0) is 12.4. The Morgan fingerprint density at radius 1 is 1.00 bits per heavy atom. The second kappa shape index (κ2) is 5.19. The monoisotopic (exact) mass is 288 g/mol. The molecule has 0 aliphatic rings. The number of aromatic nitrogens is 2. The third kappa shape index (κ3) is 2.69. The van der Waals surface area contributed by atoms with Crippen molar-refractivity contribution in [3.8, 4) is 11.4 Å². The van der Waals surface area contributed by atoms with E-state index in [-0.39, 0.29) is 6.61 Å². The molecule has 0 spiro atoms. The van der Waals surface area contributed by atoms with Gasteiger partial charge in [0.15, 0.2) is 5.82 Å². The van der Waals surface area contributed by atoms with Crippen molar-refractivity contribution < 1.29 is 5.11 Å².